The zero-order valence-corrected chi connectivity index (χ0v) is 20.8. The first kappa shape index (κ1) is 24.1. The fraction of sp³-hybridized carbons (Fsp3) is 0.214. The molecule has 1 atom stereocenters. The number of nitrogens with zero attached hydrogens (tertiary/aromatic N) is 4. The highest BCUT2D eigenvalue weighted by Gasteiger charge is 2.30. The molecular formula is C28H29N7O2. The molecule has 0 bridgehead atoms. The Morgan fingerprint density at radius 1 is 1.00 bits per heavy atom. The van der Waals surface area contributed by atoms with Crippen LogP contribution in [0.4, 0.5) is 11.5 Å². The Bertz CT molecular complexity index is 1480. The summed E-state index contributed by atoms with van der Waals surface area (Å²) in [6, 6.07) is 15.1. The maximum Gasteiger partial charge on any atom is 0.256 e. The van der Waals surface area contributed by atoms with Gasteiger partial charge in [-0.05, 0) is 42.7 Å². The smallest absolute Gasteiger partial charge is 0.256 e. The molecule has 2 amide bonds. The van der Waals surface area contributed by atoms with Crippen molar-refractivity contribution in [3.8, 4) is 22.3 Å². The molecule has 9 heteroatoms. The van der Waals surface area contributed by atoms with Gasteiger partial charge in [0.1, 0.15) is 5.82 Å². The lowest BCUT2D eigenvalue weighted by atomic mass is 9.97. The molecule has 1 aliphatic rings. The van der Waals surface area contributed by atoms with Gasteiger partial charge in [0, 0.05) is 55.3 Å². The molecule has 4 aromatic rings. The number of hydrogen-bond donors (Lipinski definition) is 3. The summed E-state index contributed by atoms with van der Waals surface area (Å²) in [5.41, 5.74) is 18.1. The van der Waals surface area contributed by atoms with Crippen LogP contribution in [-0.4, -0.2) is 50.6 Å². The monoisotopic (exact) mass is 495 g/mol. The first-order valence-electron chi connectivity index (χ1n) is 12.1. The van der Waals surface area contributed by atoms with Gasteiger partial charge in [0.05, 0.1) is 23.0 Å². The number of hydrogen-bond acceptors (Lipinski definition) is 6. The third-order valence-electron chi connectivity index (χ3n) is 6.65. The SMILES string of the molecule is Cc1cc(C(=O)N2CC[C@@H](NC(=O)c3cc(-c4cnn(C)c4)cnc3N)C2)c(N)c(-c2ccccc2)c1. The summed E-state index contributed by atoms with van der Waals surface area (Å²) in [5.74, 6) is -0.316. The van der Waals surface area contributed by atoms with Crippen LogP contribution in [0.3, 0.4) is 0 Å². The Morgan fingerprint density at radius 2 is 1.78 bits per heavy atom. The van der Waals surface area contributed by atoms with Crippen molar-refractivity contribution in [1.82, 2.24) is 25.0 Å². The third kappa shape index (κ3) is 4.88. The second-order valence-electron chi connectivity index (χ2n) is 9.41. The topological polar surface area (TPSA) is 132 Å². The molecule has 0 spiro atoms. The normalized spacial score (nSPS) is 15.1. The number of anilines is 2. The number of rotatable bonds is 5. The number of pyridine rings is 1. The van der Waals surface area contributed by atoms with E-state index in [1.165, 1.54) is 0 Å². The van der Waals surface area contributed by atoms with Crippen LogP contribution in [0.25, 0.3) is 22.3 Å². The van der Waals surface area contributed by atoms with Crippen molar-refractivity contribution in [2.75, 3.05) is 24.6 Å². The van der Waals surface area contributed by atoms with E-state index >= 15 is 0 Å². The Hall–Kier alpha value is -4.66. The molecule has 9 nitrogen and oxygen atoms in total. The first-order valence-corrected chi connectivity index (χ1v) is 12.1. The Labute approximate surface area is 215 Å². The largest absolute Gasteiger partial charge is 0.398 e. The van der Waals surface area contributed by atoms with Crippen molar-refractivity contribution >= 4 is 23.3 Å². The van der Waals surface area contributed by atoms with Gasteiger partial charge in [-0.25, -0.2) is 4.98 Å². The summed E-state index contributed by atoms with van der Waals surface area (Å²) in [4.78, 5) is 32.5. The van der Waals surface area contributed by atoms with E-state index in [0.717, 1.165) is 27.8 Å². The molecule has 188 valence electrons. The van der Waals surface area contributed by atoms with E-state index in [4.69, 9.17) is 11.5 Å². The lowest BCUT2D eigenvalue weighted by Crippen LogP contribution is -2.39. The van der Waals surface area contributed by atoms with Crippen molar-refractivity contribution in [2.24, 2.45) is 7.05 Å². The van der Waals surface area contributed by atoms with Crippen LogP contribution in [-0.2, 0) is 7.05 Å². The van der Waals surface area contributed by atoms with E-state index in [-0.39, 0.29) is 23.7 Å². The molecule has 0 radical (unpaired) electrons. The van der Waals surface area contributed by atoms with Gasteiger partial charge >= 0.3 is 0 Å². The molecule has 1 aliphatic heterocycles. The van der Waals surface area contributed by atoms with Gasteiger partial charge in [-0.15, -0.1) is 0 Å². The van der Waals surface area contributed by atoms with Crippen molar-refractivity contribution in [2.45, 2.75) is 19.4 Å². The molecule has 0 unspecified atom stereocenters. The van der Waals surface area contributed by atoms with Gasteiger partial charge in [0.15, 0.2) is 0 Å². The van der Waals surface area contributed by atoms with Crippen molar-refractivity contribution in [1.29, 1.82) is 0 Å². The van der Waals surface area contributed by atoms with Crippen LogP contribution in [0, 0.1) is 6.92 Å². The van der Waals surface area contributed by atoms with Crippen molar-refractivity contribution in [3.05, 3.63) is 83.8 Å². The number of nitrogens with one attached hydrogen (secondary N) is 1. The molecule has 1 saturated heterocycles. The average Bonchev–Trinajstić information content (AvgIpc) is 3.54. The Morgan fingerprint density at radius 3 is 2.51 bits per heavy atom. The van der Waals surface area contributed by atoms with E-state index in [2.05, 4.69) is 15.4 Å². The number of aryl methyl sites for hydroxylation is 2. The van der Waals surface area contributed by atoms with Gasteiger partial charge in [0.25, 0.3) is 11.8 Å². The molecule has 5 rings (SSSR count). The summed E-state index contributed by atoms with van der Waals surface area (Å²) in [7, 11) is 1.82. The predicted octanol–water partition coefficient (Wildman–Crippen LogP) is 3.27. The number of amides is 2. The van der Waals surface area contributed by atoms with E-state index in [9.17, 15) is 9.59 Å². The summed E-state index contributed by atoms with van der Waals surface area (Å²) in [6.45, 7) is 2.85. The molecule has 0 saturated carbocycles. The summed E-state index contributed by atoms with van der Waals surface area (Å²) in [5, 5.41) is 7.18. The van der Waals surface area contributed by atoms with Crippen molar-refractivity contribution < 1.29 is 9.59 Å². The Balaban J connectivity index is 1.30. The van der Waals surface area contributed by atoms with Gasteiger partial charge < -0.3 is 21.7 Å². The summed E-state index contributed by atoms with van der Waals surface area (Å²) in [6.07, 6.45) is 5.80. The highest BCUT2D eigenvalue weighted by atomic mass is 16.2. The fourth-order valence-corrected chi connectivity index (χ4v) is 4.71. The molecular weight excluding hydrogens is 466 g/mol. The van der Waals surface area contributed by atoms with Crippen LogP contribution in [0.2, 0.25) is 0 Å². The standard InChI is InChI=1S/C28H29N7O2/c1-17-10-22(18-6-4-3-5-7-18)25(29)23(11-17)28(37)35-9-8-21(16-35)33-27(36)24-12-19(13-31-26(24)30)20-14-32-34(2)15-20/h3-7,10-15,21H,8-9,16,29H2,1-2H3,(H2,30,31)(H,33,36)/t21-/m1/s1. The van der Waals surface area contributed by atoms with Crippen LogP contribution in [0.5, 0.6) is 0 Å². The zero-order chi connectivity index (χ0) is 26.1. The number of carbonyl (C=O) groups excluding carboxylic acids is 2. The van der Waals surface area contributed by atoms with Crippen LogP contribution in [0.1, 0.15) is 32.7 Å². The maximum atomic E-state index is 13.5. The quantitative estimate of drug-likeness (QED) is 0.364. The summed E-state index contributed by atoms with van der Waals surface area (Å²) >= 11 is 0. The zero-order valence-electron chi connectivity index (χ0n) is 20.8. The minimum atomic E-state index is -0.323. The fourth-order valence-electron chi connectivity index (χ4n) is 4.71. The average molecular weight is 496 g/mol. The molecule has 0 aliphatic carbocycles. The lowest BCUT2D eigenvalue weighted by molar-refractivity contribution is 0.0784. The number of likely N-dealkylation sites (tertiary alicyclic amines) is 1. The van der Waals surface area contributed by atoms with E-state index in [0.29, 0.717) is 36.3 Å². The number of benzene rings is 2. The number of nitrogens with two attached hydrogens (primary N) is 2. The van der Waals surface area contributed by atoms with Gasteiger partial charge in [-0.3, -0.25) is 14.3 Å². The molecule has 37 heavy (non-hydrogen) atoms. The van der Waals surface area contributed by atoms with E-state index < -0.39 is 0 Å². The maximum absolute atomic E-state index is 13.5. The van der Waals surface area contributed by atoms with E-state index in [1.54, 1.807) is 28.0 Å². The summed E-state index contributed by atoms with van der Waals surface area (Å²) < 4.78 is 1.68. The number of carbonyl (C=O) groups is 2. The second-order valence-corrected chi connectivity index (χ2v) is 9.41. The molecule has 5 N–H and O–H groups in total. The van der Waals surface area contributed by atoms with E-state index in [1.807, 2.05) is 62.6 Å². The second kappa shape index (κ2) is 9.77. The predicted molar refractivity (Wildman–Crippen MR) is 144 cm³/mol. The molecule has 2 aromatic carbocycles. The highest BCUT2D eigenvalue weighted by molar-refractivity contribution is 6.03. The minimum Gasteiger partial charge on any atom is -0.398 e. The Kier molecular flexibility index (Phi) is 6.35. The number of aromatic nitrogens is 3. The van der Waals surface area contributed by atoms with Gasteiger partial charge in [-0.1, -0.05) is 30.3 Å². The molecule has 1 fully saturated rings. The van der Waals surface area contributed by atoms with Gasteiger partial charge in [-0.2, -0.15) is 5.10 Å². The highest BCUT2D eigenvalue weighted by Crippen LogP contribution is 2.31. The van der Waals surface area contributed by atoms with Gasteiger partial charge in [0.2, 0.25) is 0 Å². The third-order valence-corrected chi connectivity index (χ3v) is 6.65. The first-order chi connectivity index (χ1) is 17.8. The lowest BCUT2D eigenvalue weighted by Gasteiger charge is -2.20. The minimum absolute atomic E-state index is 0.144. The van der Waals surface area contributed by atoms with Crippen LogP contribution in [0.15, 0.2) is 67.1 Å². The van der Waals surface area contributed by atoms with Crippen molar-refractivity contribution in [3.63, 3.8) is 0 Å². The molecule has 2 aromatic heterocycles. The number of nitrogen functional groups attached to an aromatic ring is 2. The van der Waals surface area contributed by atoms with Crippen LogP contribution >= 0.6 is 0 Å². The molecule has 3 heterocycles. The van der Waals surface area contributed by atoms with Crippen LogP contribution < -0.4 is 16.8 Å².